The van der Waals surface area contributed by atoms with E-state index in [2.05, 4.69) is 4.98 Å². The number of para-hydroxylation sites is 1. The first-order chi connectivity index (χ1) is 12.2. The first-order valence-corrected chi connectivity index (χ1v) is 8.00. The van der Waals surface area contributed by atoms with Crippen LogP contribution in [-0.4, -0.2) is 34.5 Å². The van der Waals surface area contributed by atoms with E-state index < -0.39 is 6.10 Å². The van der Waals surface area contributed by atoms with Gasteiger partial charge >= 0.3 is 0 Å². The van der Waals surface area contributed by atoms with Crippen molar-refractivity contribution in [3.63, 3.8) is 0 Å². The molecule has 2 aromatic carbocycles. The predicted octanol–water partition coefficient (Wildman–Crippen LogP) is 1.98. The average Bonchev–Trinajstić information content (AvgIpc) is 2.65. The fourth-order valence-corrected chi connectivity index (χ4v) is 2.55. The number of hydrogen-bond donors (Lipinski definition) is 1. The summed E-state index contributed by atoms with van der Waals surface area (Å²) in [5.74, 6) is 0.784. The Kier molecular flexibility index (Phi) is 5.42. The molecule has 1 N–H and O–H groups in total. The van der Waals surface area contributed by atoms with E-state index >= 15 is 0 Å². The summed E-state index contributed by atoms with van der Waals surface area (Å²) >= 11 is 0. The van der Waals surface area contributed by atoms with E-state index in [9.17, 15) is 9.90 Å². The fraction of sp³-hybridized carbons (Fsp3) is 0.263. The Balaban J connectivity index is 1.56. The molecule has 6 heteroatoms. The molecule has 0 bridgehead atoms. The lowest BCUT2D eigenvalue weighted by molar-refractivity contribution is 0.0198. The van der Waals surface area contributed by atoms with Crippen LogP contribution in [0.25, 0.3) is 10.9 Å². The SMILES string of the molecule is COc1ccc(COC[C@@H](O)Cn2cnc3ccccc3c2=O)cc1. The molecule has 3 rings (SSSR count). The lowest BCUT2D eigenvalue weighted by Gasteiger charge is -2.13. The second-order valence-corrected chi connectivity index (χ2v) is 5.74. The van der Waals surface area contributed by atoms with E-state index in [1.54, 1.807) is 25.3 Å². The maximum Gasteiger partial charge on any atom is 0.261 e. The number of hydrogen-bond acceptors (Lipinski definition) is 5. The van der Waals surface area contributed by atoms with Crippen LogP contribution in [0.4, 0.5) is 0 Å². The van der Waals surface area contributed by atoms with Gasteiger partial charge in [-0.05, 0) is 29.8 Å². The first-order valence-electron chi connectivity index (χ1n) is 8.00. The van der Waals surface area contributed by atoms with E-state index in [1.165, 1.54) is 10.9 Å². The molecular formula is C19H20N2O4. The van der Waals surface area contributed by atoms with Gasteiger partial charge in [0.05, 0.1) is 50.2 Å². The summed E-state index contributed by atoms with van der Waals surface area (Å²) in [6.45, 7) is 0.649. The van der Waals surface area contributed by atoms with Crippen LogP contribution >= 0.6 is 0 Å². The molecule has 0 saturated heterocycles. The Morgan fingerprint density at radius 2 is 1.92 bits per heavy atom. The third kappa shape index (κ3) is 4.23. The standard InChI is InChI=1S/C19H20N2O4/c1-24-16-8-6-14(7-9-16)11-25-12-15(22)10-21-13-20-18-5-3-2-4-17(18)19(21)23/h2-9,13,15,22H,10-12H2,1H3/t15-/m0/s1. The zero-order valence-electron chi connectivity index (χ0n) is 14.0. The van der Waals surface area contributed by atoms with Crippen molar-refractivity contribution in [3.05, 3.63) is 70.8 Å². The first kappa shape index (κ1) is 17.1. The Morgan fingerprint density at radius 3 is 2.68 bits per heavy atom. The predicted molar refractivity (Wildman–Crippen MR) is 94.7 cm³/mol. The second kappa shape index (κ2) is 7.92. The van der Waals surface area contributed by atoms with Crippen LogP contribution in [0.3, 0.4) is 0 Å². The Bertz CT molecular complexity index is 890. The number of fused-ring (bicyclic) bond motifs is 1. The number of nitrogens with zero attached hydrogens (tertiary/aromatic N) is 2. The van der Waals surface area contributed by atoms with Gasteiger partial charge in [0.2, 0.25) is 0 Å². The van der Waals surface area contributed by atoms with Crippen LogP contribution in [0.5, 0.6) is 5.75 Å². The van der Waals surface area contributed by atoms with Crippen LogP contribution < -0.4 is 10.3 Å². The molecule has 0 amide bonds. The van der Waals surface area contributed by atoms with Gasteiger partial charge in [-0.25, -0.2) is 4.98 Å². The maximum absolute atomic E-state index is 12.4. The minimum atomic E-state index is -0.793. The van der Waals surface area contributed by atoms with E-state index in [1.807, 2.05) is 30.3 Å². The third-order valence-electron chi connectivity index (χ3n) is 3.88. The van der Waals surface area contributed by atoms with Gasteiger partial charge in [0.25, 0.3) is 5.56 Å². The van der Waals surface area contributed by atoms with Gasteiger partial charge in [-0.2, -0.15) is 0 Å². The lowest BCUT2D eigenvalue weighted by atomic mass is 10.2. The largest absolute Gasteiger partial charge is 0.497 e. The molecule has 0 unspecified atom stereocenters. The molecule has 0 aliphatic carbocycles. The highest BCUT2D eigenvalue weighted by Crippen LogP contribution is 2.12. The summed E-state index contributed by atoms with van der Waals surface area (Å²) in [5, 5.41) is 10.7. The number of methoxy groups -OCH3 is 1. The number of aromatic nitrogens is 2. The summed E-state index contributed by atoms with van der Waals surface area (Å²) in [4.78, 5) is 16.6. The number of rotatable bonds is 7. The maximum atomic E-state index is 12.4. The molecule has 25 heavy (non-hydrogen) atoms. The van der Waals surface area contributed by atoms with Gasteiger partial charge in [-0.15, -0.1) is 0 Å². The number of aliphatic hydroxyl groups excluding tert-OH is 1. The van der Waals surface area contributed by atoms with Crippen molar-refractivity contribution >= 4 is 10.9 Å². The molecule has 0 aliphatic rings. The molecule has 3 aromatic rings. The van der Waals surface area contributed by atoms with Gasteiger partial charge in [0.15, 0.2) is 0 Å². The lowest BCUT2D eigenvalue weighted by Crippen LogP contribution is -2.29. The molecule has 0 aliphatic heterocycles. The summed E-state index contributed by atoms with van der Waals surface area (Å²) in [6.07, 6.45) is 0.663. The highest BCUT2D eigenvalue weighted by molar-refractivity contribution is 5.76. The molecule has 1 atom stereocenters. The van der Waals surface area contributed by atoms with Crippen LogP contribution in [0.15, 0.2) is 59.7 Å². The molecule has 130 valence electrons. The van der Waals surface area contributed by atoms with Gasteiger partial charge in [0.1, 0.15) is 5.75 Å². The fourth-order valence-electron chi connectivity index (χ4n) is 2.55. The van der Waals surface area contributed by atoms with Crippen molar-refractivity contribution in [3.8, 4) is 5.75 Å². The monoisotopic (exact) mass is 340 g/mol. The van der Waals surface area contributed by atoms with Gasteiger partial charge in [0, 0.05) is 0 Å². The average molecular weight is 340 g/mol. The summed E-state index contributed by atoms with van der Waals surface area (Å²) in [5.41, 5.74) is 1.46. The second-order valence-electron chi connectivity index (χ2n) is 5.74. The zero-order chi connectivity index (χ0) is 17.6. The quantitative estimate of drug-likeness (QED) is 0.712. The normalized spacial score (nSPS) is 12.2. The molecule has 0 fully saturated rings. The van der Waals surface area contributed by atoms with Crippen molar-refractivity contribution < 1.29 is 14.6 Å². The zero-order valence-corrected chi connectivity index (χ0v) is 14.0. The molecule has 1 aromatic heterocycles. The number of benzene rings is 2. The smallest absolute Gasteiger partial charge is 0.261 e. The summed E-state index contributed by atoms with van der Waals surface area (Å²) in [7, 11) is 1.62. The van der Waals surface area contributed by atoms with Crippen molar-refractivity contribution in [1.29, 1.82) is 0 Å². The highest BCUT2D eigenvalue weighted by Gasteiger charge is 2.09. The Hall–Kier alpha value is -2.70. The van der Waals surface area contributed by atoms with Crippen LogP contribution in [0, 0.1) is 0 Å². The highest BCUT2D eigenvalue weighted by atomic mass is 16.5. The van der Waals surface area contributed by atoms with E-state index in [0.717, 1.165) is 11.3 Å². The Morgan fingerprint density at radius 1 is 1.16 bits per heavy atom. The van der Waals surface area contributed by atoms with E-state index in [4.69, 9.17) is 9.47 Å². The van der Waals surface area contributed by atoms with Crippen LogP contribution in [-0.2, 0) is 17.9 Å². The molecule has 1 heterocycles. The molecular weight excluding hydrogens is 320 g/mol. The van der Waals surface area contributed by atoms with Crippen LogP contribution in [0.2, 0.25) is 0 Å². The summed E-state index contributed by atoms with van der Waals surface area (Å²) < 4.78 is 12.0. The van der Waals surface area contributed by atoms with Gasteiger partial charge in [-0.1, -0.05) is 24.3 Å². The minimum absolute atomic E-state index is 0.130. The van der Waals surface area contributed by atoms with Crippen molar-refractivity contribution in [2.24, 2.45) is 0 Å². The summed E-state index contributed by atoms with van der Waals surface area (Å²) in [6, 6.07) is 14.7. The number of aliphatic hydroxyl groups is 1. The molecule has 0 radical (unpaired) electrons. The van der Waals surface area contributed by atoms with Gasteiger partial charge < -0.3 is 14.6 Å². The van der Waals surface area contributed by atoms with E-state index in [-0.39, 0.29) is 18.7 Å². The van der Waals surface area contributed by atoms with Crippen molar-refractivity contribution in [1.82, 2.24) is 9.55 Å². The van der Waals surface area contributed by atoms with Crippen molar-refractivity contribution in [2.75, 3.05) is 13.7 Å². The number of ether oxygens (including phenoxy) is 2. The molecule has 0 saturated carbocycles. The molecule has 0 spiro atoms. The minimum Gasteiger partial charge on any atom is -0.497 e. The molecule has 6 nitrogen and oxygen atoms in total. The van der Waals surface area contributed by atoms with E-state index in [0.29, 0.717) is 17.5 Å². The Labute approximate surface area is 145 Å². The van der Waals surface area contributed by atoms with Crippen molar-refractivity contribution in [2.45, 2.75) is 19.3 Å². The van der Waals surface area contributed by atoms with Gasteiger partial charge in [-0.3, -0.25) is 9.36 Å². The van der Waals surface area contributed by atoms with Crippen LogP contribution in [0.1, 0.15) is 5.56 Å². The third-order valence-corrected chi connectivity index (χ3v) is 3.88. The topological polar surface area (TPSA) is 73.6 Å².